The number of carboxylic acids is 1. The number of nitro groups is 1. The largest absolute Gasteiger partial charge is 0.479 e. The Morgan fingerprint density at radius 1 is 1.02 bits per heavy atom. The van der Waals surface area contributed by atoms with Gasteiger partial charge in [0.25, 0.3) is 5.69 Å². The molecule has 2 aromatic carbocycles. The number of carbonyl (C=O) groups excluding carboxylic acids is 2. The van der Waals surface area contributed by atoms with Crippen LogP contribution in [-0.4, -0.2) is 38.1 Å². The van der Waals surface area contributed by atoms with Gasteiger partial charge in [-0.1, -0.05) is 61.2 Å². The Bertz CT molecular complexity index is 1440. The van der Waals surface area contributed by atoms with E-state index in [1.807, 2.05) is 0 Å². The number of non-ortho nitro benzene ring substituents is 1. The second-order valence-corrected chi connectivity index (χ2v) is 12.1. The first-order chi connectivity index (χ1) is 19.1. The molecule has 10 heteroatoms. The number of carboxylic acid groups (broad SMARTS) is 1. The fourth-order valence-electron chi connectivity index (χ4n) is 6.54. The molecule has 2 fully saturated rings. The van der Waals surface area contributed by atoms with Crippen molar-refractivity contribution in [1.29, 1.82) is 0 Å². The predicted octanol–water partition coefficient (Wildman–Crippen LogP) is 6.90. The number of halogens is 1. The minimum absolute atomic E-state index is 0.197. The van der Waals surface area contributed by atoms with Crippen molar-refractivity contribution in [2.75, 3.05) is 0 Å². The van der Waals surface area contributed by atoms with Gasteiger partial charge in [-0.3, -0.25) is 19.7 Å². The topological polar surface area (TPSA) is 118 Å². The quantitative estimate of drug-likeness (QED) is 0.184. The second kappa shape index (κ2) is 11.1. The summed E-state index contributed by atoms with van der Waals surface area (Å²) in [7, 11) is 0. The number of hydrogen-bond donors (Lipinski definition) is 1. The normalized spacial score (nSPS) is 25.1. The molecule has 1 saturated heterocycles. The lowest BCUT2D eigenvalue weighted by molar-refractivity contribution is -0.385. The number of ketones is 1. The first kappa shape index (κ1) is 28.0. The Hall–Kier alpha value is -3.56. The molecule has 4 atom stereocenters. The summed E-state index contributed by atoms with van der Waals surface area (Å²) >= 11 is 7.41. The number of benzene rings is 2. The van der Waals surface area contributed by atoms with Crippen LogP contribution >= 0.6 is 22.9 Å². The average molecular weight is 581 g/mol. The van der Waals surface area contributed by atoms with Crippen LogP contribution in [0.2, 0.25) is 5.02 Å². The van der Waals surface area contributed by atoms with E-state index in [4.69, 9.17) is 11.6 Å². The molecule has 1 saturated carbocycles. The highest BCUT2D eigenvalue weighted by Crippen LogP contribution is 2.57. The molecule has 0 radical (unpaired) electrons. The van der Waals surface area contributed by atoms with Gasteiger partial charge in [-0.05, 0) is 54.5 Å². The second-order valence-electron chi connectivity index (χ2n) is 10.7. The number of likely N-dealkylation sites (tertiary alicyclic amines) is 1. The Balaban J connectivity index is 1.79. The van der Waals surface area contributed by atoms with Crippen molar-refractivity contribution < 1.29 is 24.4 Å². The van der Waals surface area contributed by atoms with Gasteiger partial charge >= 0.3 is 5.97 Å². The van der Waals surface area contributed by atoms with Crippen LogP contribution < -0.4 is 0 Å². The van der Waals surface area contributed by atoms with Gasteiger partial charge in [-0.15, -0.1) is 11.3 Å². The van der Waals surface area contributed by atoms with Crippen molar-refractivity contribution in [1.82, 2.24) is 4.90 Å². The van der Waals surface area contributed by atoms with E-state index < -0.39 is 40.2 Å². The third-order valence-corrected chi connectivity index (χ3v) is 9.56. The monoisotopic (exact) mass is 580 g/mol. The first-order valence-electron chi connectivity index (χ1n) is 13.3. The van der Waals surface area contributed by atoms with Crippen molar-refractivity contribution in [3.8, 4) is 0 Å². The van der Waals surface area contributed by atoms with Gasteiger partial charge in [0.15, 0.2) is 5.78 Å². The van der Waals surface area contributed by atoms with Crippen molar-refractivity contribution in [2.45, 2.75) is 56.5 Å². The molecule has 1 aromatic heterocycles. The maximum Gasteiger partial charge on any atom is 0.330 e. The third kappa shape index (κ3) is 4.81. The van der Waals surface area contributed by atoms with Gasteiger partial charge in [-0.25, -0.2) is 4.79 Å². The molecule has 0 bridgehead atoms. The molecule has 1 amide bonds. The lowest BCUT2D eigenvalue weighted by Crippen LogP contribution is -2.55. The molecule has 2 heterocycles. The van der Waals surface area contributed by atoms with Crippen LogP contribution in [0.15, 0.2) is 66.0 Å². The fraction of sp³-hybridized carbons (Fsp3) is 0.367. The molecular formula is C30H29ClN2O6S. The number of Topliss-reactive ketones (excluding diaryl/α,β-unsaturated/α-hetero) is 1. The smallest absolute Gasteiger partial charge is 0.330 e. The van der Waals surface area contributed by atoms with Gasteiger partial charge < -0.3 is 10.0 Å². The number of nitro benzene ring substituents is 1. The molecule has 8 nitrogen and oxygen atoms in total. The summed E-state index contributed by atoms with van der Waals surface area (Å²) in [5, 5.41) is 24.8. The number of hydrogen-bond acceptors (Lipinski definition) is 6. The highest BCUT2D eigenvalue weighted by atomic mass is 35.5. The zero-order chi connectivity index (χ0) is 28.6. The standard InChI is InChI=1S/C30H29ClN2O6S/c1-30(29(36)37)25(18-12-14-21(31)15-13-18)24(27(34)23-11-6-16-40-23)26(20-9-5-10-22(17-20)33(38)39)32(30)28(35)19-7-3-2-4-8-19/h5-6,9-17,19,24-26H,2-4,7-8H2,1H3,(H,36,37). The number of aliphatic carboxylic acids is 1. The van der Waals surface area contributed by atoms with E-state index in [1.54, 1.807) is 47.8 Å². The number of carbonyl (C=O) groups is 3. The third-order valence-electron chi connectivity index (χ3n) is 8.43. The average Bonchev–Trinajstić information content (AvgIpc) is 3.59. The molecule has 40 heavy (non-hydrogen) atoms. The summed E-state index contributed by atoms with van der Waals surface area (Å²) in [6, 6.07) is 14.9. The van der Waals surface area contributed by atoms with E-state index >= 15 is 0 Å². The molecule has 5 rings (SSSR count). The van der Waals surface area contributed by atoms with Crippen molar-refractivity contribution in [2.24, 2.45) is 11.8 Å². The van der Waals surface area contributed by atoms with E-state index in [9.17, 15) is 29.6 Å². The van der Waals surface area contributed by atoms with Crippen LogP contribution in [0.25, 0.3) is 0 Å². The molecule has 0 spiro atoms. The summed E-state index contributed by atoms with van der Waals surface area (Å²) in [6.07, 6.45) is 3.96. The van der Waals surface area contributed by atoms with Crippen LogP contribution in [0, 0.1) is 22.0 Å². The molecule has 4 unspecified atom stereocenters. The van der Waals surface area contributed by atoms with Gasteiger partial charge in [0.05, 0.1) is 21.8 Å². The van der Waals surface area contributed by atoms with Crippen LogP contribution in [0.5, 0.6) is 0 Å². The van der Waals surface area contributed by atoms with Gasteiger partial charge in [-0.2, -0.15) is 0 Å². The summed E-state index contributed by atoms with van der Waals surface area (Å²) < 4.78 is 0. The van der Waals surface area contributed by atoms with Gasteiger partial charge in [0.1, 0.15) is 5.54 Å². The summed E-state index contributed by atoms with van der Waals surface area (Å²) in [5.41, 5.74) is -1.11. The number of rotatable bonds is 7. The van der Waals surface area contributed by atoms with Crippen molar-refractivity contribution in [3.05, 3.63) is 97.2 Å². The van der Waals surface area contributed by atoms with Crippen LogP contribution in [0.4, 0.5) is 5.69 Å². The van der Waals surface area contributed by atoms with E-state index in [0.717, 1.165) is 19.3 Å². The zero-order valence-corrected chi connectivity index (χ0v) is 23.4. The van der Waals surface area contributed by atoms with Gasteiger partial charge in [0.2, 0.25) is 5.91 Å². The summed E-state index contributed by atoms with van der Waals surface area (Å²) in [5.74, 6) is -4.24. The lowest BCUT2D eigenvalue weighted by atomic mass is 9.72. The van der Waals surface area contributed by atoms with E-state index in [-0.39, 0.29) is 17.4 Å². The van der Waals surface area contributed by atoms with E-state index in [0.29, 0.717) is 33.9 Å². The molecular weight excluding hydrogens is 552 g/mol. The summed E-state index contributed by atoms with van der Waals surface area (Å²) in [6.45, 7) is 1.50. The Labute approximate surface area is 240 Å². The number of nitrogens with zero attached hydrogens (tertiary/aromatic N) is 2. The molecule has 1 N–H and O–H groups in total. The van der Waals surface area contributed by atoms with Crippen molar-refractivity contribution >= 4 is 46.3 Å². The Morgan fingerprint density at radius 2 is 1.73 bits per heavy atom. The Kier molecular flexibility index (Phi) is 7.79. The molecule has 3 aromatic rings. The van der Waals surface area contributed by atoms with E-state index in [2.05, 4.69) is 0 Å². The lowest BCUT2D eigenvalue weighted by Gasteiger charge is -2.40. The number of amides is 1. The molecule has 1 aliphatic heterocycles. The van der Waals surface area contributed by atoms with E-state index in [1.165, 1.54) is 41.4 Å². The molecule has 208 valence electrons. The van der Waals surface area contributed by atoms with Gasteiger partial charge in [0, 0.05) is 29.0 Å². The SMILES string of the molecule is CC1(C(=O)O)C(c2ccc(Cl)cc2)C(C(=O)c2cccs2)C(c2cccc([N+](=O)[O-])c2)N1C(=O)C1CCCCC1. The fourth-order valence-corrected chi connectivity index (χ4v) is 7.38. The van der Waals surface area contributed by atoms with Crippen molar-refractivity contribution in [3.63, 3.8) is 0 Å². The maximum absolute atomic E-state index is 14.4. The highest BCUT2D eigenvalue weighted by Gasteiger charge is 2.65. The maximum atomic E-state index is 14.4. The minimum atomic E-state index is -1.82. The van der Waals surface area contributed by atoms with Crippen LogP contribution in [-0.2, 0) is 9.59 Å². The summed E-state index contributed by atoms with van der Waals surface area (Å²) in [4.78, 5) is 55.1. The zero-order valence-electron chi connectivity index (χ0n) is 21.9. The predicted molar refractivity (Wildman–Crippen MR) is 152 cm³/mol. The molecule has 1 aliphatic carbocycles. The highest BCUT2D eigenvalue weighted by molar-refractivity contribution is 7.12. The molecule has 2 aliphatic rings. The first-order valence-corrected chi connectivity index (χ1v) is 14.5. The van der Waals surface area contributed by atoms with Crippen LogP contribution in [0.3, 0.4) is 0 Å². The minimum Gasteiger partial charge on any atom is -0.479 e. The van der Waals surface area contributed by atoms with Crippen LogP contribution in [0.1, 0.15) is 71.8 Å². The number of thiophene rings is 1. The Morgan fingerprint density at radius 3 is 2.33 bits per heavy atom.